The van der Waals surface area contributed by atoms with Crippen LogP contribution >= 0.6 is 8.25 Å². The smallest absolute Gasteiger partial charge is 0.325 e. The molecule has 0 aromatic carbocycles. The van der Waals surface area contributed by atoms with Gasteiger partial charge in [0.25, 0.3) is 5.56 Å². The fraction of sp³-hybridized carbons (Fsp3) is 0.636. The molecule has 1 saturated heterocycles. The fourth-order valence-corrected chi connectivity index (χ4v) is 2.82. The lowest BCUT2D eigenvalue weighted by molar-refractivity contribution is -0.0145. The summed E-state index contributed by atoms with van der Waals surface area (Å²) in [5, 5.41) is 20.0. The molecule has 22 heavy (non-hydrogen) atoms. The summed E-state index contributed by atoms with van der Waals surface area (Å²) in [7, 11) is -3.13. The zero-order chi connectivity index (χ0) is 16.4. The van der Waals surface area contributed by atoms with Crippen molar-refractivity contribution in [3.05, 3.63) is 32.6 Å². The molecule has 2 rings (SSSR count). The predicted octanol–water partition coefficient (Wildman–Crippen LogP) is -1.60. The third kappa shape index (κ3) is 3.72. The Morgan fingerprint density at radius 2 is 2.09 bits per heavy atom. The Morgan fingerprint density at radius 1 is 1.41 bits per heavy atom. The summed E-state index contributed by atoms with van der Waals surface area (Å²) in [5.74, 6) is 0. The SMILES string of the molecule is CC(C[C@H]1OC(c2c[nH]c(=O)[nH]c2=O)[C@H](O)[C@@H]1O)O[PH](=O)O. The van der Waals surface area contributed by atoms with Crippen LogP contribution in [0.5, 0.6) is 0 Å². The van der Waals surface area contributed by atoms with Crippen molar-refractivity contribution < 1.29 is 28.9 Å². The van der Waals surface area contributed by atoms with Gasteiger partial charge in [0.1, 0.15) is 18.3 Å². The molecule has 1 aliphatic rings. The van der Waals surface area contributed by atoms with Crippen LogP contribution in [0.25, 0.3) is 0 Å². The lowest BCUT2D eigenvalue weighted by Gasteiger charge is -2.18. The zero-order valence-corrected chi connectivity index (χ0v) is 12.6. The highest BCUT2D eigenvalue weighted by Gasteiger charge is 2.44. The molecule has 1 aromatic heterocycles. The Balaban J connectivity index is 2.14. The summed E-state index contributed by atoms with van der Waals surface area (Å²) >= 11 is 0. The molecular weight excluding hydrogens is 319 g/mol. The number of hydrogen-bond acceptors (Lipinski definition) is 7. The highest BCUT2D eigenvalue weighted by molar-refractivity contribution is 7.32. The number of ether oxygens (including phenoxy) is 1. The lowest BCUT2D eigenvalue weighted by Crippen LogP contribution is -2.34. The van der Waals surface area contributed by atoms with Crippen LogP contribution in [0.15, 0.2) is 15.8 Å². The van der Waals surface area contributed by atoms with Gasteiger partial charge in [-0.15, -0.1) is 0 Å². The average molecular weight is 336 g/mol. The molecular formula is C11H17N2O8P. The van der Waals surface area contributed by atoms with E-state index in [1.54, 1.807) is 0 Å². The van der Waals surface area contributed by atoms with E-state index in [0.29, 0.717) is 0 Å². The van der Waals surface area contributed by atoms with Crippen LogP contribution in [0.1, 0.15) is 25.0 Å². The molecule has 1 fully saturated rings. The van der Waals surface area contributed by atoms with Crippen LogP contribution in [-0.4, -0.2) is 49.5 Å². The van der Waals surface area contributed by atoms with Gasteiger partial charge in [0.05, 0.1) is 17.8 Å². The van der Waals surface area contributed by atoms with Gasteiger partial charge in [-0.3, -0.25) is 14.3 Å². The zero-order valence-electron chi connectivity index (χ0n) is 11.6. The van der Waals surface area contributed by atoms with Gasteiger partial charge in [0.2, 0.25) is 0 Å². The highest BCUT2D eigenvalue weighted by atomic mass is 31.1. The Hall–Kier alpha value is -1.29. The summed E-state index contributed by atoms with van der Waals surface area (Å²) in [5.41, 5.74) is -1.46. The lowest BCUT2D eigenvalue weighted by atomic mass is 10.0. The van der Waals surface area contributed by atoms with Gasteiger partial charge in [0, 0.05) is 12.6 Å². The topological polar surface area (TPSA) is 162 Å². The van der Waals surface area contributed by atoms with E-state index in [0.717, 1.165) is 6.20 Å². The van der Waals surface area contributed by atoms with E-state index in [-0.39, 0.29) is 12.0 Å². The molecule has 0 aliphatic carbocycles. The first-order chi connectivity index (χ1) is 10.3. The molecule has 3 unspecified atom stereocenters. The van der Waals surface area contributed by atoms with Gasteiger partial charge in [-0.05, 0) is 6.92 Å². The third-order valence-corrected chi connectivity index (χ3v) is 3.99. The molecule has 1 aliphatic heterocycles. The summed E-state index contributed by atoms with van der Waals surface area (Å²) in [4.78, 5) is 35.6. The van der Waals surface area contributed by atoms with Crippen molar-refractivity contribution in [1.29, 1.82) is 0 Å². The van der Waals surface area contributed by atoms with E-state index in [1.165, 1.54) is 6.92 Å². The second-order valence-corrected chi connectivity index (χ2v) is 5.80. The first-order valence-corrected chi connectivity index (χ1v) is 7.79. The van der Waals surface area contributed by atoms with E-state index in [9.17, 15) is 24.4 Å². The molecule has 2 heterocycles. The molecule has 0 bridgehead atoms. The minimum atomic E-state index is -3.13. The van der Waals surface area contributed by atoms with Crippen LogP contribution in [0, 0.1) is 0 Å². The van der Waals surface area contributed by atoms with Gasteiger partial charge < -0.3 is 29.4 Å². The number of aliphatic hydroxyl groups excluding tert-OH is 2. The van der Waals surface area contributed by atoms with Crippen molar-refractivity contribution >= 4 is 8.25 Å². The molecule has 10 nitrogen and oxygen atoms in total. The van der Waals surface area contributed by atoms with Gasteiger partial charge in [-0.1, -0.05) is 0 Å². The number of nitrogens with one attached hydrogen (secondary N) is 2. The van der Waals surface area contributed by atoms with Crippen molar-refractivity contribution in [3.63, 3.8) is 0 Å². The van der Waals surface area contributed by atoms with E-state index >= 15 is 0 Å². The van der Waals surface area contributed by atoms with Gasteiger partial charge >= 0.3 is 13.9 Å². The van der Waals surface area contributed by atoms with Crippen LogP contribution in [-0.2, 0) is 13.8 Å². The van der Waals surface area contributed by atoms with Gasteiger partial charge in [-0.25, -0.2) is 4.79 Å². The van der Waals surface area contributed by atoms with Crippen molar-refractivity contribution in [2.75, 3.05) is 0 Å². The molecule has 0 saturated carbocycles. The van der Waals surface area contributed by atoms with Crippen molar-refractivity contribution in [3.8, 4) is 0 Å². The molecule has 5 N–H and O–H groups in total. The number of aromatic amines is 2. The Morgan fingerprint density at radius 3 is 2.68 bits per heavy atom. The Labute approximate surface area is 124 Å². The van der Waals surface area contributed by atoms with Gasteiger partial charge in [0.15, 0.2) is 0 Å². The second-order valence-electron chi connectivity index (χ2n) is 5.03. The fourth-order valence-electron chi connectivity index (χ4n) is 2.38. The normalized spacial score (nSPS) is 31.1. The molecule has 11 heteroatoms. The van der Waals surface area contributed by atoms with Crippen molar-refractivity contribution in [2.45, 2.75) is 43.9 Å². The minimum absolute atomic E-state index is 0.0297. The van der Waals surface area contributed by atoms with Crippen LogP contribution in [0.2, 0.25) is 0 Å². The largest absolute Gasteiger partial charge is 0.388 e. The maximum Gasteiger partial charge on any atom is 0.325 e. The second kappa shape index (κ2) is 6.86. The summed E-state index contributed by atoms with van der Waals surface area (Å²) in [6.45, 7) is 1.52. The number of hydrogen-bond donors (Lipinski definition) is 5. The Bertz CT molecular complexity index is 658. The number of rotatable bonds is 5. The third-order valence-electron chi connectivity index (χ3n) is 3.38. The van der Waals surface area contributed by atoms with Crippen molar-refractivity contribution in [2.24, 2.45) is 0 Å². The van der Waals surface area contributed by atoms with Crippen LogP contribution < -0.4 is 11.2 Å². The molecule has 0 spiro atoms. The standard InChI is InChI=1S/C11H17N2O8P/c1-4(21-22(18)19)2-6-7(14)8(15)9(20-6)5-3-12-11(17)13-10(5)16/h3-4,6-9,14-15,22H,2H2,1H3,(H,18,19)(H2,12,13,16,17)/t4?,6-,7-,8-,9?/m1/s1. The maximum absolute atomic E-state index is 11.7. The predicted molar refractivity (Wildman–Crippen MR) is 73.7 cm³/mol. The van der Waals surface area contributed by atoms with E-state index < -0.39 is 50.0 Å². The monoisotopic (exact) mass is 336 g/mol. The number of H-pyrrole nitrogens is 2. The summed E-state index contributed by atoms with van der Waals surface area (Å²) < 4.78 is 20.8. The molecule has 0 amide bonds. The average Bonchev–Trinajstić information content (AvgIpc) is 2.66. The molecule has 124 valence electrons. The minimum Gasteiger partial charge on any atom is -0.388 e. The highest BCUT2D eigenvalue weighted by Crippen LogP contribution is 2.34. The number of aromatic nitrogens is 2. The molecule has 1 aromatic rings. The maximum atomic E-state index is 11.7. The van der Waals surface area contributed by atoms with E-state index in [1.807, 2.05) is 4.98 Å². The van der Waals surface area contributed by atoms with E-state index in [4.69, 9.17) is 9.63 Å². The first kappa shape index (κ1) is 17.1. The van der Waals surface area contributed by atoms with E-state index in [2.05, 4.69) is 9.51 Å². The van der Waals surface area contributed by atoms with Gasteiger partial charge in [-0.2, -0.15) is 0 Å². The first-order valence-electron chi connectivity index (χ1n) is 6.52. The van der Waals surface area contributed by atoms with Crippen molar-refractivity contribution in [1.82, 2.24) is 9.97 Å². The number of aliphatic hydroxyl groups is 2. The van der Waals surface area contributed by atoms with Crippen LogP contribution in [0.4, 0.5) is 0 Å². The Kier molecular flexibility index (Phi) is 5.32. The summed E-state index contributed by atoms with van der Waals surface area (Å²) in [6.07, 6.45) is -4.22. The molecule has 6 atom stereocenters. The molecule has 0 radical (unpaired) electrons. The quantitative estimate of drug-likeness (QED) is 0.402. The van der Waals surface area contributed by atoms with Crippen LogP contribution in [0.3, 0.4) is 0 Å². The summed E-state index contributed by atoms with van der Waals surface area (Å²) in [6, 6.07) is 0.